The first-order valence-electron chi connectivity index (χ1n) is 5.61. The summed E-state index contributed by atoms with van der Waals surface area (Å²) in [7, 11) is 1.51. The first-order chi connectivity index (χ1) is 8.77. The molecule has 4 heteroatoms. The number of hydrogen-bond acceptors (Lipinski definition) is 3. The topological polar surface area (TPSA) is 47.3 Å². The molecule has 0 saturated heterocycles. The highest BCUT2D eigenvalue weighted by atomic mass is 19.1. The van der Waals surface area contributed by atoms with E-state index in [1.54, 1.807) is 12.1 Å². The third-order valence-corrected chi connectivity index (χ3v) is 2.82. The van der Waals surface area contributed by atoms with E-state index in [0.717, 1.165) is 5.56 Å². The predicted molar refractivity (Wildman–Crippen MR) is 68.6 cm³/mol. The predicted octanol–water partition coefficient (Wildman–Crippen LogP) is 2.39. The van der Waals surface area contributed by atoms with Crippen LogP contribution in [0.15, 0.2) is 48.5 Å². The molecule has 0 amide bonds. The van der Waals surface area contributed by atoms with Crippen LogP contribution in [0.25, 0.3) is 0 Å². The Balaban J connectivity index is 2.52. The number of benzene rings is 2. The standard InChI is InChI=1S/C14H15FN2O/c1-18-12-9-5-8-11(15)13(12)14(17-16)10-6-3-2-4-7-10/h2-9,14,17H,16H2,1H3. The number of methoxy groups -OCH3 is 1. The van der Waals surface area contributed by atoms with Crippen molar-refractivity contribution in [1.29, 1.82) is 0 Å². The minimum Gasteiger partial charge on any atom is -0.496 e. The summed E-state index contributed by atoms with van der Waals surface area (Å²) >= 11 is 0. The van der Waals surface area contributed by atoms with Crippen LogP contribution >= 0.6 is 0 Å². The monoisotopic (exact) mass is 246 g/mol. The van der Waals surface area contributed by atoms with Crippen molar-refractivity contribution in [2.45, 2.75) is 6.04 Å². The highest BCUT2D eigenvalue weighted by molar-refractivity contribution is 5.42. The van der Waals surface area contributed by atoms with E-state index >= 15 is 0 Å². The third-order valence-electron chi connectivity index (χ3n) is 2.82. The summed E-state index contributed by atoms with van der Waals surface area (Å²) in [6.45, 7) is 0. The van der Waals surface area contributed by atoms with E-state index in [1.807, 2.05) is 30.3 Å². The minimum absolute atomic E-state index is 0.346. The van der Waals surface area contributed by atoms with Crippen LogP contribution in [0.3, 0.4) is 0 Å². The van der Waals surface area contributed by atoms with Crippen LogP contribution in [0.1, 0.15) is 17.2 Å². The fourth-order valence-electron chi connectivity index (χ4n) is 1.97. The van der Waals surface area contributed by atoms with Gasteiger partial charge in [0.25, 0.3) is 0 Å². The summed E-state index contributed by atoms with van der Waals surface area (Å²) in [5, 5.41) is 0. The Labute approximate surface area is 105 Å². The number of hydrazine groups is 1. The maximum absolute atomic E-state index is 14.0. The highest BCUT2D eigenvalue weighted by Gasteiger charge is 2.20. The van der Waals surface area contributed by atoms with Crippen LogP contribution in [-0.2, 0) is 0 Å². The molecule has 0 heterocycles. The van der Waals surface area contributed by atoms with Crippen molar-refractivity contribution in [2.24, 2.45) is 5.84 Å². The SMILES string of the molecule is COc1cccc(F)c1C(NN)c1ccccc1. The van der Waals surface area contributed by atoms with E-state index in [1.165, 1.54) is 13.2 Å². The van der Waals surface area contributed by atoms with Crippen LogP contribution in [-0.4, -0.2) is 7.11 Å². The molecule has 1 atom stereocenters. The highest BCUT2D eigenvalue weighted by Crippen LogP contribution is 2.31. The van der Waals surface area contributed by atoms with Crippen LogP contribution in [0.5, 0.6) is 5.75 Å². The second-order valence-electron chi connectivity index (χ2n) is 3.87. The lowest BCUT2D eigenvalue weighted by atomic mass is 9.98. The lowest BCUT2D eigenvalue weighted by molar-refractivity contribution is 0.397. The molecule has 2 aromatic carbocycles. The molecule has 0 radical (unpaired) electrons. The average Bonchev–Trinajstić information content (AvgIpc) is 2.42. The van der Waals surface area contributed by atoms with E-state index < -0.39 is 6.04 Å². The molecule has 18 heavy (non-hydrogen) atoms. The molecular weight excluding hydrogens is 231 g/mol. The third kappa shape index (κ3) is 2.34. The van der Waals surface area contributed by atoms with Gasteiger partial charge in [-0.15, -0.1) is 0 Å². The van der Waals surface area contributed by atoms with Gasteiger partial charge < -0.3 is 4.74 Å². The molecule has 2 rings (SSSR count). The van der Waals surface area contributed by atoms with Crippen molar-refractivity contribution in [1.82, 2.24) is 5.43 Å². The summed E-state index contributed by atoms with van der Waals surface area (Å²) in [5.41, 5.74) is 3.92. The number of hydrogen-bond donors (Lipinski definition) is 2. The Hall–Kier alpha value is -1.91. The van der Waals surface area contributed by atoms with E-state index in [0.29, 0.717) is 11.3 Å². The van der Waals surface area contributed by atoms with Gasteiger partial charge in [-0.05, 0) is 17.7 Å². The first-order valence-corrected chi connectivity index (χ1v) is 5.61. The Bertz CT molecular complexity index is 516. The molecule has 0 aliphatic heterocycles. The van der Waals surface area contributed by atoms with Gasteiger partial charge in [-0.25, -0.2) is 9.82 Å². The Morgan fingerprint density at radius 3 is 2.44 bits per heavy atom. The second kappa shape index (κ2) is 5.62. The maximum Gasteiger partial charge on any atom is 0.132 e. The maximum atomic E-state index is 14.0. The van der Waals surface area contributed by atoms with Crippen LogP contribution < -0.4 is 16.0 Å². The molecule has 3 nitrogen and oxygen atoms in total. The first kappa shape index (κ1) is 12.5. The Morgan fingerprint density at radius 1 is 1.11 bits per heavy atom. The zero-order chi connectivity index (χ0) is 13.0. The summed E-state index contributed by atoms with van der Waals surface area (Å²) in [6.07, 6.45) is 0. The fraction of sp³-hybridized carbons (Fsp3) is 0.143. The minimum atomic E-state index is -0.442. The lowest BCUT2D eigenvalue weighted by Crippen LogP contribution is -2.29. The fourth-order valence-corrected chi connectivity index (χ4v) is 1.97. The number of halogens is 1. The normalized spacial score (nSPS) is 12.2. The molecule has 0 aliphatic rings. The van der Waals surface area contributed by atoms with E-state index in [2.05, 4.69) is 5.43 Å². The molecule has 0 spiro atoms. The van der Waals surface area contributed by atoms with Gasteiger partial charge in [-0.1, -0.05) is 36.4 Å². The molecule has 94 valence electrons. The largest absolute Gasteiger partial charge is 0.496 e. The van der Waals surface area contributed by atoms with Gasteiger partial charge in [0.15, 0.2) is 0 Å². The van der Waals surface area contributed by atoms with Crippen molar-refractivity contribution in [2.75, 3.05) is 7.11 Å². The second-order valence-corrected chi connectivity index (χ2v) is 3.87. The number of nitrogens with two attached hydrogens (primary N) is 1. The van der Waals surface area contributed by atoms with Crippen molar-refractivity contribution in [3.8, 4) is 5.75 Å². The van der Waals surface area contributed by atoms with E-state index in [9.17, 15) is 4.39 Å². The molecule has 0 bridgehead atoms. The molecule has 0 aromatic heterocycles. The zero-order valence-electron chi connectivity index (χ0n) is 10.1. The van der Waals surface area contributed by atoms with E-state index in [-0.39, 0.29) is 5.82 Å². The van der Waals surface area contributed by atoms with Crippen LogP contribution in [0.4, 0.5) is 4.39 Å². The zero-order valence-corrected chi connectivity index (χ0v) is 10.1. The average molecular weight is 246 g/mol. The van der Waals surface area contributed by atoms with Crippen molar-refractivity contribution >= 4 is 0 Å². The van der Waals surface area contributed by atoms with Gasteiger partial charge in [0, 0.05) is 0 Å². The number of nitrogens with one attached hydrogen (secondary N) is 1. The van der Waals surface area contributed by atoms with Crippen LogP contribution in [0.2, 0.25) is 0 Å². The smallest absolute Gasteiger partial charge is 0.132 e. The van der Waals surface area contributed by atoms with Gasteiger partial charge >= 0.3 is 0 Å². The van der Waals surface area contributed by atoms with Gasteiger partial charge in [0.05, 0.1) is 18.7 Å². The van der Waals surface area contributed by atoms with Gasteiger partial charge in [0.1, 0.15) is 11.6 Å². The summed E-state index contributed by atoms with van der Waals surface area (Å²) < 4.78 is 19.2. The van der Waals surface area contributed by atoms with Gasteiger partial charge in [-0.2, -0.15) is 0 Å². The molecule has 0 saturated carbocycles. The molecule has 1 unspecified atom stereocenters. The van der Waals surface area contributed by atoms with E-state index in [4.69, 9.17) is 10.6 Å². The molecular formula is C14H15FN2O. The molecule has 0 fully saturated rings. The van der Waals surface area contributed by atoms with Gasteiger partial charge in [-0.3, -0.25) is 5.84 Å². The van der Waals surface area contributed by atoms with Crippen molar-refractivity contribution in [3.05, 3.63) is 65.5 Å². The van der Waals surface area contributed by atoms with Crippen LogP contribution in [0, 0.1) is 5.82 Å². The Morgan fingerprint density at radius 2 is 1.83 bits per heavy atom. The molecule has 0 aliphatic carbocycles. The van der Waals surface area contributed by atoms with Crippen molar-refractivity contribution < 1.29 is 9.13 Å². The molecule has 2 aromatic rings. The number of ether oxygens (including phenoxy) is 1. The summed E-state index contributed by atoms with van der Waals surface area (Å²) in [4.78, 5) is 0. The molecule has 3 N–H and O–H groups in total. The summed E-state index contributed by atoms with van der Waals surface area (Å²) in [6, 6.07) is 13.7. The number of rotatable bonds is 4. The van der Waals surface area contributed by atoms with Crippen molar-refractivity contribution in [3.63, 3.8) is 0 Å². The van der Waals surface area contributed by atoms with Gasteiger partial charge in [0.2, 0.25) is 0 Å². The quantitative estimate of drug-likeness (QED) is 0.643. The lowest BCUT2D eigenvalue weighted by Gasteiger charge is -2.20. The summed E-state index contributed by atoms with van der Waals surface area (Å²) in [5.74, 6) is 5.68. The Kier molecular flexibility index (Phi) is 3.92.